The van der Waals surface area contributed by atoms with E-state index >= 15 is 0 Å². The standard InChI is InChI=1S/C25H28N4O4/c1-31-22-5-2-19(3-6-22)8-9-27-25(30)21(15-26)17-29-12-10-28(11-13-29)16-20-4-7-23-24(14-20)33-18-32-23/h2-7,14,17H,8-13,16,18H2,1H3,(H,27,30)/b21-17-. The first-order valence-corrected chi connectivity index (χ1v) is 11.0. The van der Waals surface area contributed by atoms with Crippen LogP contribution in [0.1, 0.15) is 11.1 Å². The van der Waals surface area contributed by atoms with Gasteiger partial charge in [-0.05, 0) is 41.8 Å². The van der Waals surface area contributed by atoms with E-state index in [-0.39, 0.29) is 18.3 Å². The highest BCUT2D eigenvalue weighted by Crippen LogP contribution is 2.32. The molecule has 33 heavy (non-hydrogen) atoms. The fourth-order valence-electron chi connectivity index (χ4n) is 3.88. The van der Waals surface area contributed by atoms with Crippen LogP contribution >= 0.6 is 0 Å². The fourth-order valence-corrected chi connectivity index (χ4v) is 3.88. The summed E-state index contributed by atoms with van der Waals surface area (Å²) in [6.07, 6.45) is 2.37. The van der Waals surface area contributed by atoms with Crippen molar-refractivity contribution in [1.82, 2.24) is 15.1 Å². The highest BCUT2D eigenvalue weighted by molar-refractivity contribution is 5.97. The van der Waals surface area contributed by atoms with E-state index in [9.17, 15) is 10.1 Å². The summed E-state index contributed by atoms with van der Waals surface area (Å²) in [5.41, 5.74) is 2.41. The normalized spacial score (nSPS) is 15.8. The van der Waals surface area contributed by atoms with Crippen molar-refractivity contribution in [3.63, 3.8) is 0 Å². The smallest absolute Gasteiger partial charge is 0.263 e. The van der Waals surface area contributed by atoms with Crippen LogP contribution < -0.4 is 19.5 Å². The molecular formula is C25H28N4O4. The van der Waals surface area contributed by atoms with Crippen LogP contribution in [0.3, 0.4) is 0 Å². The highest BCUT2D eigenvalue weighted by atomic mass is 16.7. The second kappa shape index (κ2) is 10.7. The number of rotatable bonds is 8. The second-order valence-electron chi connectivity index (χ2n) is 8.01. The average Bonchev–Trinajstić information content (AvgIpc) is 3.32. The van der Waals surface area contributed by atoms with E-state index < -0.39 is 0 Å². The van der Waals surface area contributed by atoms with Gasteiger partial charge in [-0.25, -0.2) is 0 Å². The van der Waals surface area contributed by atoms with Gasteiger partial charge in [0.05, 0.1) is 7.11 Å². The maximum atomic E-state index is 12.5. The Labute approximate surface area is 193 Å². The zero-order chi connectivity index (χ0) is 23.0. The van der Waals surface area contributed by atoms with Gasteiger partial charge < -0.3 is 24.4 Å². The maximum Gasteiger partial charge on any atom is 0.263 e. The lowest BCUT2D eigenvalue weighted by Gasteiger charge is -2.34. The SMILES string of the molecule is COc1ccc(CCNC(=O)/C(C#N)=C\N2CCN(Cc3ccc4c(c3)OCO4)CC2)cc1. The quantitative estimate of drug-likeness (QED) is 0.490. The van der Waals surface area contributed by atoms with Crippen LogP contribution in [0, 0.1) is 11.3 Å². The second-order valence-corrected chi connectivity index (χ2v) is 8.01. The number of ether oxygens (including phenoxy) is 3. The van der Waals surface area contributed by atoms with E-state index in [0.29, 0.717) is 13.0 Å². The summed E-state index contributed by atoms with van der Waals surface area (Å²) in [6, 6.07) is 15.8. The van der Waals surface area contributed by atoms with Crippen LogP contribution in [0.5, 0.6) is 17.2 Å². The first-order valence-electron chi connectivity index (χ1n) is 11.0. The average molecular weight is 449 g/mol. The zero-order valence-electron chi connectivity index (χ0n) is 18.8. The Morgan fingerprint density at radius 2 is 1.82 bits per heavy atom. The van der Waals surface area contributed by atoms with Crippen molar-refractivity contribution >= 4 is 5.91 Å². The number of hydrogen-bond acceptors (Lipinski definition) is 7. The van der Waals surface area contributed by atoms with E-state index in [1.807, 2.05) is 47.4 Å². The van der Waals surface area contributed by atoms with Gasteiger partial charge in [-0.1, -0.05) is 18.2 Å². The number of benzene rings is 2. The number of amides is 1. The number of nitrogens with zero attached hydrogens (tertiary/aromatic N) is 3. The first kappa shape index (κ1) is 22.5. The number of carbonyl (C=O) groups is 1. The molecule has 2 aliphatic heterocycles. The van der Waals surface area contributed by atoms with Gasteiger partial charge >= 0.3 is 0 Å². The van der Waals surface area contributed by atoms with Crippen molar-refractivity contribution < 1.29 is 19.0 Å². The third-order valence-corrected chi connectivity index (χ3v) is 5.79. The molecule has 0 spiro atoms. The van der Waals surface area contributed by atoms with Gasteiger partial charge in [-0.15, -0.1) is 0 Å². The van der Waals surface area contributed by atoms with Gasteiger partial charge in [0.2, 0.25) is 6.79 Å². The molecule has 0 aromatic heterocycles. The summed E-state index contributed by atoms with van der Waals surface area (Å²) in [7, 11) is 1.63. The predicted molar refractivity (Wildman–Crippen MR) is 123 cm³/mol. The molecule has 2 aromatic carbocycles. The molecule has 1 saturated heterocycles. The van der Waals surface area contributed by atoms with Crippen molar-refractivity contribution in [2.75, 3.05) is 46.6 Å². The molecule has 8 nitrogen and oxygen atoms in total. The summed E-state index contributed by atoms with van der Waals surface area (Å²) in [5, 5.41) is 12.3. The number of nitriles is 1. The fraction of sp³-hybridized carbons (Fsp3) is 0.360. The summed E-state index contributed by atoms with van der Waals surface area (Å²) in [5.74, 6) is 2.05. The Morgan fingerprint density at radius 3 is 2.55 bits per heavy atom. The minimum absolute atomic E-state index is 0.133. The summed E-state index contributed by atoms with van der Waals surface area (Å²) in [6.45, 7) is 4.79. The van der Waals surface area contributed by atoms with E-state index in [0.717, 1.165) is 55.5 Å². The molecule has 2 aliphatic rings. The van der Waals surface area contributed by atoms with Gasteiger partial charge in [-0.2, -0.15) is 5.26 Å². The minimum atomic E-state index is -0.339. The lowest BCUT2D eigenvalue weighted by Crippen LogP contribution is -2.44. The van der Waals surface area contributed by atoms with Gasteiger partial charge in [0.15, 0.2) is 11.5 Å². The molecule has 0 saturated carbocycles. The molecule has 1 N–H and O–H groups in total. The molecule has 0 aliphatic carbocycles. The van der Waals surface area contributed by atoms with Crippen molar-refractivity contribution in [3.8, 4) is 23.3 Å². The van der Waals surface area contributed by atoms with E-state index in [2.05, 4.69) is 16.3 Å². The van der Waals surface area contributed by atoms with E-state index in [1.54, 1.807) is 13.3 Å². The summed E-state index contributed by atoms with van der Waals surface area (Å²) < 4.78 is 16.0. The summed E-state index contributed by atoms with van der Waals surface area (Å²) in [4.78, 5) is 16.8. The molecule has 2 heterocycles. The van der Waals surface area contributed by atoms with E-state index in [1.165, 1.54) is 5.56 Å². The van der Waals surface area contributed by atoms with E-state index in [4.69, 9.17) is 14.2 Å². The van der Waals surface area contributed by atoms with Crippen molar-refractivity contribution in [3.05, 3.63) is 65.4 Å². The molecule has 2 aromatic rings. The van der Waals surface area contributed by atoms with Gasteiger partial charge in [0.1, 0.15) is 17.4 Å². The number of methoxy groups -OCH3 is 1. The topological polar surface area (TPSA) is 87.1 Å². The lowest BCUT2D eigenvalue weighted by atomic mass is 10.1. The third-order valence-electron chi connectivity index (χ3n) is 5.79. The van der Waals surface area contributed by atoms with Crippen LogP contribution in [0.2, 0.25) is 0 Å². The Morgan fingerprint density at radius 1 is 1.09 bits per heavy atom. The zero-order valence-corrected chi connectivity index (χ0v) is 18.8. The number of fused-ring (bicyclic) bond motifs is 1. The molecule has 1 amide bonds. The molecule has 0 atom stereocenters. The molecule has 8 heteroatoms. The Balaban J connectivity index is 1.23. The predicted octanol–water partition coefficient (Wildman–Crippen LogP) is 2.31. The van der Waals surface area contributed by atoms with Crippen molar-refractivity contribution in [2.24, 2.45) is 0 Å². The summed E-state index contributed by atoms with van der Waals surface area (Å²) >= 11 is 0. The molecule has 1 fully saturated rings. The van der Waals surface area contributed by atoms with Crippen LogP contribution in [0.15, 0.2) is 54.2 Å². The Bertz CT molecular complexity index is 1040. The van der Waals surface area contributed by atoms with Crippen molar-refractivity contribution in [2.45, 2.75) is 13.0 Å². The number of nitrogens with one attached hydrogen (secondary N) is 1. The Kier molecular flexibility index (Phi) is 7.33. The lowest BCUT2D eigenvalue weighted by molar-refractivity contribution is -0.117. The van der Waals surface area contributed by atoms with Gasteiger partial charge in [-0.3, -0.25) is 9.69 Å². The van der Waals surface area contributed by atoms with Crippen LogP contribution in [-0.4, -0.2) is 62.3 Å². The molecular weight excluding hydrogens is 420 g/mol. The van der Waals surface area contributed by atoms with Crippen LogP contribution in [0.25, 0.3) is 0 Å². The van der Waals surface area contributed by atoms with Crippen LogP contribution in [-0.2, 0) is 17.8 Å². The monoisotopic (exact) mass is 448 g/mol. The van der Waals surface area contributed by atoms with Gasteiger partial charge in [0.25, 0.3) is 5.91 Å². The highest BCUT2D eigenvalue weighted by Gasteiger charge is 2.19. The van der Waals surface area contributed by atoms with Gasteiger partial charge in [0, 0.05) is 45.5 Å². The third kappa shape index (κ3) is 5.96. The Hall–Kier alpha value is -3.70. The van der Waals surface area contributed by atoms with Crippen LogP contribution in [0.4, 0.5) is 0 Å². The molecule has 0 radical (unpaired) electrons. The number of hydrogen-bond donors (Lipinski definition) is 1. The maximum absolute atomic E-state index is 12.5. The molecule has 4 rings (SSSR count). The largest absolute Gasteiger partial charge is 0.497 e. The molecule has 0 bridgehead atoms. The number of piperazine rings is 1. The first-order chi connectivity index (χ1) is 16.1. The number of carbonyl (C=O) groups excluding carboxylic acids is 1. The van der Waals surface area contributed by atoms with Crippen molar-refractivity contribution in [1.29, 1.82) is 5.26 Å². The molecule has 0 unspecified atom stereocenters. The molecule has 172 valence electrons. The minimum Gasteiger partial charge on any atom is -0.497 e.